The van der Waals surface area contributed by atoms with E-state index in [9.17, 15) is 24.6 Å². The van der Waals surface area contributed by atoms with Crippen LogP contribution in [0.5, 0.6) is 0 Å². The molecular weight excluding hydrogens is 284 g/mol. The molecule has 106 valence electrons. The van der Waals surface area contributed by atoms with Crippen LogP contribution in [0.2, 0.25) is 0 Å². The first-order chi connectivity index (χ1) is 9.40. The molecule has 0 amide bonds. The smallest absolute Gasteiger partial charge is 0.346 e. The number of thioether (sulfide) groups is 1. The van der Waals surface area contributed by atoms with Crippen LogP contribution in [0.1, 0.15) is 39.3 Å². The molecule has 0 saturated heterocycles. The highest BCUT2D eigenvalue weighted by Crippen LogP contribution is 2.26. The lowest BCUT2D eigenvalue weighted by Gasteiger charge is -2.17. The topological polar surface area (TPSA) is 101 Å². The molecule has 1 aliphatic rings. The average molecular weight is 296 g/mol. The number of fused-ring (bicyclic) bond motifs is 1. The molecule has 0 aromatic heterocycles. The quantitative estimate of drug-likeness (QED) is 0.622. The molecule has 1 aromatic carbocycles. The minimum absolute atomic E-state index is 0.0387. The predicted molar refractivity (Wildman–Crippen MR) is 70.3 cm³/mol. The Morgan fingerprint density at radius 3 is 2.55 bits per heavy atom. The fourth-order valence-corrected chi connectivity index (χ4v) is 2.39. The number of carbonyl (C=O) groups excluding carboxylic acids is 3. The van der Waals surface area contributed by atoms with Gasteiger partial charge < -0.3 is 14.9 Å². The van der Waals surface area contributed by atoms with Crippen molar-refractivity contribution in [1.29, 1.82) is 0 Å². The third kappa shape index (κ3) is 2.90. The lowest BCUT2D eigenvalue weighted by atomic mass is 10.00. The summed E-state index contributed by atoms with van der Waals surface area (Å²) in [7, 11) is 0. The molecule has 1 aliphatic heterocycles. The molecule has 0 bridgehead atoms. The molecule has 7 heteroatoms. The minimum atomic E-state index is -1.25. The van der Waals surface area contributed by atoms with Gasteiger partial charge in [-0.15, -0.1) is 0 Å². The average Bonchev–Trinajstić information content (AvgIpc) is 2.70. The molecule has 0 spiro atoms. The van der Waals surface area contributed by atoms with Gasteiger partial charge in [0.1, 0.15) is 6.10 Å². The third-order valence-corrected chi connectivity index (χ3v) is 3.75. The van der Waals surface area contributed by atoms with Gasteiger partial charge in [-0.05, 0) is 17.7 Å². The first kappa shape index (κ1) is 14.7. The molecule has 0 saturated carbocycles. The van der Waals surface area contributed by atoms with Gasteiger partial charge in [0, 0.05) is 12.7 Å². The summed E-state index contributed by atoms with van der Waals surface area (Å²) in [6.07, 6.45) is -2.41. The lowest BCUT2D eigenvalue weighted by Crippen LogP contribution is -2.21. The normalized spacial score (nSPS) is 16.6. The van der Waals surface area contributed by atoms with E-state index in [1.54, 1.807) is 0 Å². The Kier molecular flexibility index (Phi) is 4.22. The number of aliphatic hydroxyl groups excluding tert-OH is 2. The zero-order valence-electron chi connectivity index (χ0n) is 10.5. The number of aliphatic hydroxyl groups is 2. The van der Waals surface area contributed by atoms with Gasteiger partial charge in [0.2, 0.25) is 0 Å². The Balaban J connectivity index is 2.17. The van der Waals surface area contributed by atoms with E-state index in [1.165, 1.54) is 25.1 Å². The summed E-state index contributed by atoms with van der Waals surface area (Å²) in [5.41, 5.74) is 0.489. The summed E-state index contributed by atoms with van der Waals surface area (Å²) in [5.74, 6) is -1.46. The molecule has 6 nitrogen and oxygen atoms in total. The zero-order valence-corrected chi connectivity index (χ0v) is 11.3. The Morgan fingerprint density at radius 1 is 1.25 bits per heavy atom. The van der Waals surface area contributed by atoms with Crippen molar-refractivity contribution < 1.29 is 29.3 Å². The van der Waals surface area contributed by atoms with E-state index in [4.69, 9.17) is 0 Å². The largest absolute Gasteiger partial charge is 0.389 e. The standard InChI is InChI=1S/C13H12O6S/c1-6(14)20-5-10(15)11(16)7-2-3-8-9(4-7)13(18)19-12(8)17/h2-4,10-11,15-16H,5H2,1H3. The summed E-state index contributed by atoms with van der Waals surface area (Å²) in [4.78, 5) is 33.5. The monoisotopic (exact) mass is 296 g/mol. The fourth-order valence-electron chi connectivity index (χ4n) is 1.80. The van der Waals surface area contributed by atoms with E-state index < -0.39 is 24.1 Å². The summed E-state index contributed by atoms with van der Waals surface area (Å²) >= 11 is 0.894. The van der Waals surface area contributed by atoms with Crippen molar-refractivity contribution in [3.05, 3.63) is 34.9 Å². The number of hydrogen-bond donors (Lipinski definition) is 2. The van der Waals surface area contributed by atoms with Gasteiger partial charge in [-0.3, -0.25) is 4.79 Å². The van der Waals surface area contributed by atoms with Crippen LogP contribution in [0.4, 0.5) is 0 Å². The first-order valence-corrected chi connectivity index (χ1v) is 6.78. The minimum Gasteiger partial charge on any atom is -0.389 e. The Labute approximate surface area is 118 Å². The zero-order chi connectivity index (χ0) is 14.9. The van der Waals surface area contributed by atoms with Crippen LogP contribution in [0.3, 0.4) is 0 Å². The number of benzene rings is 1. The number of carbonyl (C=O) groups is 3. The second-order valence-corrected chi connectivity index (χ2v) is 5.49. The maximum absolute atomic E-state index is 11.4. The van der Waals surface area contributed by atoms with Gasteiger partial charge in [-0.2, -0.15) is 0 Å². The van der Waals surface area contributed by atoms with Crippen molar-refractivity contribution in [2.45, 2.75) is 19.1 Å². The van der Waals surface area contributed by atoms with Gasteiger partial charge in [0.15, 0.2) is 5.12 Å². The molecule has 1 aromatic rings. The van der Waals surface area contributed by atoms with Crippen LogP contribution >= 0.6 is 11.8 Å². The molecule has 20 heavy (non-hydrogen) atoms. The molecule has 1 heterocycles. The summed E-state index contributed by atoms with van der Waals surface area (Å²) in [5, 5.41) is 19.6. The van der Waals surface area contributed by atoms with Crippen molar-refractivity contribution in [2.24, 2.45) is 0 Å². The Hall–Kier alpha value is -1.70. The van der Waals surface area contributed by atoms with Crippen LogP contribution in [0.25, 0.3) is 0 Å². The van der Waals surface area contributed by atoms with E-state index in [-0.39, 0.29) is 27.6 Å². The van der Waals surface area contributed by atoms with Crippen molar-refractivity contribution in [3.63, 3.8) is 0 Å². The number of cyclic esters (lactones) is 2. The Bertz CT molecular complexity index is 582. The number of ether oxygens (including phenoxy) is 1. The highest BCUT2D eigenvalue weighted by atomic mass is 32.2. The van der Waals surface area contributed by atoms with E-state index in [0.717, 1.165) is 11.8 Å². The van der Waals surface area contributed by atoms with Gasteiger partial charge >= 0.3 is 11.9 Å². The van der Waals surface area contributed by atoms with Crippen molar-refractivity contribution in [3.8, 4) is 0 Å². The first-order valence-electron chi connectivity index (χ1n) is 5.80. The maximum atomic E-state index is 11.4. The number of hydrogen-bond acceptors (Lipinski definition) is 7. The summed E-state index contributed by atoms with van der Waals surface area (Å²) in [6, 6.07) is 4.12. The van der Waals surface area contributed by atoms with Crippen molar-refractivity contribution in [1.82, 2.24) is 0 Å². The fraction of sp³-hybridized carbons (Fsp3) is 0.308. The van der Waals surface area contributed by atoms with Crippen LogP contribution in [0.15, 0.2) is 18.2 Å². The molecule has 0 fully saturated rings. The van der Waals surface area contributed by atoms with Gasteiger partial charge in [-0.25, -0.2) is 9.59 Å². The van der Waals surface area contributed by atoms with E-state index in [2.05, 4.69) is 4.74 Å². The number of esters is 2. The summed E-state index contributed by atoms with van der Waals surface area (Å²) in [6.45, 7) is 1.36. The van der Waals surface area contributed by atoms with Gasteiger partial charge in [-0.1, -0.05) is 17.8 Å². The van der Waals surface area contributed by atoms with E-state index >= 15 is 0 Å². The van der Waals surface area contributed by atoms with Crippen molar-refractivity contribution >= 4 is 28.8 Å². The lowest BCUT2D eigenvalue weighted by molar-refractivity contribution is -0.109. The molecule has 2 rings (SSSR count). The molecule has 0 radical (unpaired) electrons. The molecule has 0 aliphatic carbocycles. The van der Waals surface area contributed by atoms with Gasteiger partial charge in [0.25, 0.3) is 0 Å². The second-order valence-electron chi connectivity index (χ2n) is 4.30. The van der Waals surface area contributed by atoms with Crippen molar-refractivity contribution in [2.75, 3.05) is 5.75 Å². The highest BCUT2D eigenvalue weighted by molar-refractivity contribution is 8.13. The third-order valence-electron chi connectivity index (χ3n) is 2.83. The van der Waals surface area contributed by atoms with E-state index in [0.29, 0.717) is 0 Å². The maximum Gasteiger partial charge on any atom is 0.346 e. The molecule has 2 N–H and O–H groups in total. The number of rotatable bonds is 4. The van der Waals surface area contributed by atoms with Crippen LogP contribution in [-0.4, -0.2) is 39.1 Å². The second kappa shape index (κ2) is 5.74. The van der Waals surface area contributed by atoms with Crippen LogP contribution in [-0.2, 0) is 9.53 Å². The summed E-state index contributed by atoms with van der Waals surface area (Å²) < 4.78 is 4.44. The van der Waals surface area contributed by atoms with Crippen LogP contribution < -0.4 is 0 Å². The Morgan fingerprint density at radius 2 is 1.90 bits per heavy atom. The predicted octanol–water partition coefficient (Wildman–Crippen LogP) is 0.671. The molecule has 2 atom stereocenters. The molecule has 2 unspecified atom stereocenters. The molecular formula is C13H12O6S. The SMILES string of the molecule is CC(=O)SCC(O)C(O)c1ccc2c(c1)C(=O)OC2=O. The van der Waals surface area contributed by atoms with E-state index in [1.807, 2.05) is 0 Å². The van der Waals surface area contributed by atoms with Crippen LogP contribution in [0, 0.1) is 0 Å². The highest BCUT2D eigenvalue weighted by Gasteiger charge is 2.31. The van der Waals surface area contributed by atoms with Gasteiger partial charge in [0.05, 0.1) is 17.2 Å².